The third kappa shape index (κ3) is 6.16. The second-order valence-electron chi connectivity index (χ2n) is 4.60. The predicted molar refractivity (Wildman–Crippen MR) is 82.1 cm³/mol. The Bertz CT molecular complexity index is 551. The lowest BCUT2D eigenvalue weighted by Crippen LogP contribution is -2.12. The SMILES string of the molecule is CCCOc1ccc(C=O)c(OCCCS(=O)(=O)CC)c1. The van der Waals surface area contributed by atoms with E-state index in [9.17, 15) is 13.2 Å². The molecule has 1 aromatic carbocycles. The normalized spacial score (nSPS) is 11.1. The molecule has 5 nitrogen and oxygen atoms in total. The molecule has 0 aromatic heterocycles. The van der Waals surface area contributed by atoms with Crippen LogP contribution in [-0.4, -0.2) is 39.4 Å². The van der Waals surface area contributed by atoms with Gasteiger partial charge in [-0.25, -0.2) is 8.42 Å². The molecule has 0 bridgehead atoms. The molecule has 0 N–H and O–H groups in total. The van der Waals surface area contributed by atoms with Crippen LogP contribution in [0.2, 0.25) is 0 Å². The Hall–Kier alpha value is -1.56. The summed E-state index contributed by atoms with van der Waals surface area (Å²) in [5.41, 5.74) is 0.428. The Morgan fingerprint density at radius 1 is 1.14 bits per heavy atom. The Labute approximate surface area is 126 Å². The molecule has 1 aromatic rings. The largest absolute Gasteiger partial charge is 0.493 e. The minimum Gasteiger partial charge on any atom is -0.493 e. The van der Waals surface area contributed by atoms with E-state index in [1.165, 1.54) is 0 Å². The van der Waals surface area contributed by atoms with Gasteiger partial charge < -0.3 is 9.47 Å². The van der Waals surface area contributed by atoms with Crippen LogP contribution in [0.15, 0.2) is 18.2 Å². The van der Waals surface area contributed by atoms with Crippen molar-refractivity contribution in [2.24, 2.45) is 0 Å². The summed E-state index contributed by atoms with van der Waals surface area (Å²) in [7, 11) is -2.98. The number of benzene rings is 1. The van der Waals surface area contributed by atoms with Crippen LogP contribution in [-0.2, 0) is 9.84 Å². The minimum atomic E-state index is -2.98. The van der Waals surface area contributed by atoms with Gasteiger partial charge in [-0.1, -0.05) is 13.8 Å². The zero-order valence-electron chi connectivity index (χ0n) is 12.5. The zero-order chi connectivity index (χ0) is 15.7. The number of carbonyl (C=O) groups is 1. The molecule has 0 atom stereocenters. The van der Waals surface area contributed by atoms with Crippen molar-refractivity contribution in [3.63, 3.8) is 0 Å². The Morgan fingerprint density at radius 2 is 1.90 bits per heavy atom. The van der Waals surface area contributed by atoms with Gasteiger partial charge >= 0.3 is 0 Å². The van der Waals surface area contributed by atoms with Crippen LogP contribution in [0.1, 0.15) is 37.0 Å². The number of rotatable bonds is 10. The van der Waals surface area contributed by atoms with Gasteiger partial charge in [0.15, 0.2) is 6.29 Å². The maximum atomic E-state index is 11.4. The lowest BCUT2D eigenvalue weighted by molar-refractivity contribution is 0.111. The molecule has 118 valence electrons. The third-order valence-electron chi connectivity index (χ3n) is 2.88. The number of hydrogen-bond acceptors (Lipinski definition) is 5. The van der Waals surface area contributed by atoms with Gasteiger partial charge in [-0.2, -0.15) is 0 Å². The number of hydrogen-bond donors (Lipinski definition) is 0. The molecule has 0 unspecified atom stereocenters. The fourth-order valence-electron chi connectivity index (χ4n) is 1.65. The molecular formula is C15H22O5S. The van der Waals surface area contributed by atoms with E-state index in [1.54, 1.807) is 25.1 Å². The maximum Gasteiger partial charge on any atom is 0.153 e. The third-order valence-corrected chi connectivity index (χ3v) is 4.67. The number of aldehydes is 1. The monoisotopic (exact) mass is 314 g/mol. The summed E-state index contributed by atoms with van der Waals surface area (Å²) in [5.74, 6) is 1.28. The second-order valence-corrected chi connectivity index (χ2v) is 7.08. The highest BCUT2D eigenvalue weighted by atomic mass is 32.2. The van der Waals surface area contributed by atoms with Crippen LogP contribution in [0.25, 0.3) is 0 Å². The van der Waals surface area contributed by atoms with Crippen LogP contribution in [0.3, 0.4) is 0 Å². The van der Waals surface area contributed by atoms with Gasteiger partial charge in [0.25, 0.3) is 0 Å². The molecule has 0 saturated heterocycles. The summed E-state index contributed by atoms with van der Waals surface area (Å²) in [6, 6.07) is 5.01. The molecule has 0 spiro atoms. The van der Waals surface area contributed by atoms with Crippen molar-refractivity contribution in [3.05, 3.63) is 23.8 Å². The highest BCUT2D eigenvalue weighted by molar-refractivity contribution is 7.91. The minimum absolute atomic E-state index is 0.0892. The second kappa shape index (κ2) is 8.67. The van der Waals surface area contributed by atoms with E-state index in [-0.39, 0.29) is 18.1 Å². The summed E-state index contributed by atoms with van der Waals surface area (Å²) in [6.07, 6.45) is 2.00. The van der Waals surface area contributed by atoms with Gasteiger partial charge in [0.05, 0.1) is 24.5 Å². The van der Waals surface area contributed by atoms with Gasteiger partial charge in [0, 0.05) is 11.8 Å². The molecule has 0 aliphatic heterocycles. The fraction of sp³-hybridized carbons (Fsp3) is 0.533. The van der Waals surface area contributed by atoms with E-state index in [0.717, 1.165) is 6.42 Å². The van der Waals surface area contributed by atoms with Crippen molar-refractivity contribution in [3.8, 4) is 11.5 Å². The molecule has 0 aliphatic carbocycles. The number of ether oxygens (including phenoxy) is 2. The van der Waals surface area contributed by atoms with Gasteiger partial charge in [0.2, 0.25) is 0 Å². The summed E-state index contributed by atoms with van der Waals surface area (Å²) in [4.78, 5) is 11.0. The molecule has 0 saturated carbocycles. The van der Waals surface area contributed by atoms with Crippen LogP contribution in [0.5, 0.6) is 11.5 Å². The van der Waals surface area contributed by atoms with E-state index in [4.69, 9.17) is 9.47 Å². The molecule has 0 radical (unpaired) electrons. The van der Waals surface area contributed by atoms with Gasteiger partial charge in [0.1, 0.15) is 21.3 Å². The first kappa shape index (κ1) is 17.5. The Balaban J connectivity index is 2.61. The molecule has 0 fully saturated rings. The first-order valence-corrected chi connectivity index (χ1v) is 8.89. The molecule has 0 heterocycles. The topological polar surface area (TPSA) is 69.7 Å². The first-order chi connectivity index (χ1) is 10.0. The van der Waals surface area contributed by atoms with Crippen molar-refractivity contribution >= 4 is 16.1 Å². The zero-order valence-corrected chi connectivity index (χ0v) is 13.3. The maximum absolute atomic E-state index is 11.4. The molecule has 0 aliphatic rings. The lowest BCUT2D eigenvalue weighted by Gasteiger charge is -2.11. The molecule has 0 amide bonds. The van der Waals surface area contributed by atoms with E-state index < -0.39 is 9.84 Å². The van der Waals surface area contributed by atoms with Crippen LogP contribution >= 0.6 is 0 Å². The Kier molecular flexibility index (Phi) is 7.22. The number of sulfone groups is 1. The first-order valence-electron chi connectivity index (χ1n) is 7.07. The molecule has 21 heavy (non-hydrogen) atoms. The molecule has 6 heteroatoms. The van der Waals surface area contributed by atoms with Gasteiger partial charge in [-0.05, 0) is 25.0 Å². The highest BCUT2D eigenvalue weighted by Gasteiger charge is 2.09. The summed E-state index contributed by atoms with van der Waals surface area (Å²) < 4.78 is 33.7. The summed E-state index contributed by atoms with van der Waals surface area (Å²) in [5, 5.41) is 0. The van der Waals surface area contributed by atoms with Crippen molar-refractivity contribution < 1.29 is 22.7 Å². The van der Waals surface area contributed by atoms with Gasteiger partial charge in [-0.15, -0.1) is 0 Å². The van der Waals surface area contributed by atoms with Gasteiger partial charge in [-0.3, -0.25) is 4.79 Å². The van der Waals surface area contributed by atoms with E-state index in [1.807, 2.05) is 6.92 Å². The fourth-order valence-corrected chi connectivity index (χ4v) is 2.50. The molecule has 1 rings (SSSR count). The van der Waals surface area contributed by atoms with E-state index in [0.29, 0.717) is 36.4 Å². The smallest absolute Gasteiger partial charge is 0.153 e. The van der Waals surface area contributed by atoms with Crippen molar-refractivity contribution in [1.29, 1.82) is 0 Å². The Morgan fingerprint density at radius 3 is 2.52 bits per heavy atom. The van der Waals surface area contributed by atoms with Crippen molar-refractivity contribution in [2.75, 3.05) is 24.7 Å². The number of carbonyl (C=O) groups excluding carboxylic acids is 1. The van der Waals surface area contributed by atoms with Crippen LogP contribution < -0.4 is 9.47 Å². The van der Waals surface area contributed by atoms with Crippen LogP contribution in [0.4, 0.5) is 0 Å². The summed E-state index contributed by atoms with van der Waals surface area (Å²) in [6.45, 7) is 4.46. The average molecular weight is 314 g/mol. The standard InChI is InChI=1S/C15H22O5S/c1-3-8-19-14-7-6-13(12-16)15(11-14)20-9-5-10-21(17,18)4-2/h6-7,11-12H,3-5,8-10H2,1-2H3. The predicted octanol–water partition coefficient (Wildman–Crippen LogP) is 2.49. The summed E-state index contributed by atoms with van der Waals surface area (Å²) >= 11 is 0. The quantitative estimate of drug-likeness (QED) is 0.490. The van der Waals surface area contributed by atoms with E-state index >= 15 is 0 Å². The van der Waals surface area contributed by atoms with Crippen LogP contribution in [0, 0.1) is 0 Å². The lowest BCUT2D eigenvalue weighted by atomic mass is 10.2. The average Bonchev–Trinajstić information content (AvgIpc) is 2.49. The van der Waals surface area contributed by atoms with Crippen molar-refractivity contribution in [2.45, 2.75) is 26.7 Å². The molecular weight excluding hydrogens is 292 g/mol. The van der Waals surface area contributed by atoms with Crippen molar-refractivity contribution in [1.82, 2.24) is 0 Å². The highest BCUT2D eigenvalue weighted by Crippen LogP contribution is 2.24. The van der Waals surface area contributed by atoms with E-state index in [2.05, 4.69) is 0 Å².